The topological polar surface area (TPSA) is 118 Å². The van der Waals surface area contributed by atoms with E-state index in [1.807, 2.05) is 0 Å². The number of aromatic nitrogens is 1. The van der Waals surface area contributed by atoms with Crippen LogP contribution in [0, 0.1) is 0 Å². The van der Waals surface area contributed by atoms with Crippen molar-refractivity contribution in [2.75, 3.05) is 13.2 Å². The number of amides is 1. The third-order valence-corrected chi connectivity index (χ3v) is 2.96. The van der Waals surface area contributed by atoms with Gasteiger partial charge >= 0.3 is 5.97 Å². The Hall–Kier alpha value is -3.03. The molecule has 0 fully saturated rings. The molecule has 8 heteroatoms. The third-order valence-electron chi connectivity index (χ3n) is 2.96. The zero-order valence-electron chi connectivity index (χ0n) is 11.7. The summed E-state index contributed by atoms with van der Waals surface area (Å²) in [6, 6.07) is 6.00. The highest BCUT2D eigenvalue weighted by Crippen LogP contribution is 2.25. The fraction of sp³-hybridized carbons (Fsp3) is 0.214. The Balaban J connectivity index is 2.41. The fourth-order valence-electron chi connectivity index (χ4n) is 1.97. The molecule has 2 aromatic rings. The average molecular weight is 306 g/mol. The lowest BCUT2D eigenvalue weighted by molar-refractivity contribution is -0.141. The van der Waals surface area contributed by atoms with Gasteiger partial charge in [-0.05, 0) is 19.1 Å². The van der Waals surface area contributed by atoms with Crippen molar-refractivity contribution in [2.24, 2.45) is 0 Å². The maximum Gasteiger partial charge on any atom is 0.325 e. The summed E-state index contributed by atoms with van der Waals surface area (Å²) < 4.78 is 4.91. The molecule has 0 radical (unpaired) electrons. The minimum atomic E-state index is -1.09. The van der Waals surface area contributed by atoms with Gasteiger partial charge < -0.3 is 20.4 Å². The van der Waals surface area contributed by atoms with E-state index in [2.05, 4.69) is 10.1 Å². The summed E-state index contributed by atoms with van der Waals surface area (Å²) in [5.74, 6) is -2.23. The molecule has 0 saturated heterocycles. The predicted octanol–water partition coefficient (Wildman–Crippen LogP) is 0.237. The fourth-order valence-corrected chi connectivity index (χ4v) is 1.97. The lowest BCUT2D eigenvalue weighted by Crippen LogP contribution is -2.36. The molecule has 1 heterocycles. The zero-order valence-corrected chi connectivity index (χ0v) is 11.7. The van der Waals surface area contributed by atoms with Crippen LogP contribution in [0.5, 0.6) is 5.75 Å². The quantitative estimate of drug-likeness (QED) is 0.550. The molecule has 0 aliphatic carbocycles. The molecule has 0 aliphatic rings. The molecule has 0 atom stereocenters. The number of ether oxygens (including phenoxy) is 1. The van der Waals surface area contributed by atoms with Crippen molar-refractivity contribution in [3.8, 4) is 5.75 Å². The zero-order chi connectivity index (χ0) is 16.3. The van der Waals surface area contributed by atoms with Gasteiger partial charge in [-0.3, -0.25) is 14.4 Å². The van der Waals surface area contributed by atoms with Gasteiger partial charge in [-0.1, -0.05) is 12.1 Å². The Morgan fingerprint density at radius 1 is 1.32 bits per heavy atom. The second-order valence-corrected chi connectivity index (χ2v) is 4.35. The first kappa shape index (κ1) is 15.4. The molecule has 1 aromatic heterocycles. The molecule has 0 bridgehead atoms. The van der Waals surface area contributed by atoms with Crippen LogP contribution >= 0.6 is 0 Å². The monoisotopic (exact) mass is 306 g/mol. The molecule has 0 saturated carbocycles. The number of carbonyl (C=O) groups is 2. The first-order chi connectivity index (χ1) is 10.5. The van der Waals surface area contributed by atoms with Gasteiger partial charge in [-0.2, -0.15) is 0 Å². The van der Waals surface area contributed by atoms with Crippen molar-refractivity contribution in [1.29, 1.82) is 0 Å². The lowest BCUT2D eigenvalue weighted by atomic mass is 10.1. The number of para-hydroxylation sites is 1. The largest absolute Gasteiger partial charge is 0.506 e. The first-order valence-corrected chi connectivity index (χ1v) is 6.47. The van der Waals surface area contributed by atoms with E-state index in [1.54, 1.807) is 19.1 Å². The van der Waals surface area contributed by atoms with Crippen LogP contribution in [0.2, 0.25) is 0 Å². The SMILES string of the molecule is CCOC(=O)CNC(=O)c1c(O)c2ccccc2n(O)c1=O. The smallest absolute Gasteiger partial charge is 0.325 e. The van der Waals surface area contributed by atoms with Gasteiger partial charge in [0.15, 0.2) is 0 Å². The summed E-state index contributed by atoms with van der Waals surface area (Å²) >= 11 is 0. The maximum absolute atomic E-state index is 12.0. The second-order valence-electron chi connectivity index (χ2n) is 4.35. The van der Waals surface area contributed by atoms with Gasteiger partial charge in [0.2, 0.25) is 0 Å². The number of hydrogen-bond donors (Lipinski definition) is 3. The van der Waals surface area contributed by atoms with Gasteiger partial charge in [-0.25, -0.2) is 0 Å². The number of nitrogens with zero attached hydrogens (tertiary/aromatic N) is 1. The van der Waals surface area contributed by atoms with Crippen LogP contribution in [0.4, 0.5) is 0 Å². The standard InChI is InChI=1S/C14H14N2O6/c1-2-22-10(17)7-15-13(19)11-12(18)8-5-3-4-6-9(8)16(21)14(11)20/h3-6,18,21H,2,7H2,1H3,(H,15,19). The molecule has 0 unspecified atom stereocenters. The molecule has 0 aliphatic heterocycles. The molecule has 116 valence electrons. The van der Waals surface area contributed by atoms with Crippen LogP contribution in [-0.4, -0.2) is 40.1 Å². The number of hydrogen-bond acceptors (Lipinski definition) is 6. The Labute approximate surface area is 124 Å². The van der Waals surface area contributed by atoms with Crippen LogP contribution < -0.4 is 10.9 Å². The molecule has 2 rings (SSSR count). The molecule has 1 amide bonds. The van der Waals surface area contributed by atoms with Gasteiger partial charge in [0.05, 0.1) is 12.1 Å². The summed E-state index contributed by atoms with van der Waals surface area (Å²) in [7, 11) is 0. The Kier molecular flexibility index (Phi) is 4.31. The molecule has 3 N–H and O–H groups in total. The van der Waals surface area contributed by atoms with Crippen LogP contribution in [0.25, 0.3) is 10.9 Å². The molecular formula is C14H14N2O6. The van der Waals surface area contributed by atoms with E-state index in [0.717, 1.165) is 0 Å². The molecular weight excluding hydrogens is 292 g/mol. The van der Waals surface area contributed by atoms with E-state index in [1.165, 1.54) is 12.1 Å². The highest BCUT2D eigenvalue weighted by Gasteiger charge is 2.22. The average Bonchev–Trinajstić information content (AvgIpc) is 2.51. The summed E-state index contributed by atoms with van der Waals surface area (Å²) in [4.78, 5) is 35.2. The summed E-state index contributed by atoms with van der Waals surface area (Å²) in [6.07, 6.45) is 0. The summed E-state index contributed by atoms with van der Waals surface area (Å²) in [5.41, 5.74) is -1.67. The minimum Gasteiger partial charge on any atom is -0.506 e. The summed E-state index contributed by atoms with van der Waals surface area (Å²) in [5, 5.41) is 22.2. The number of benzene rings is 1. The third kappa shape index (κ3) is 2.71. The molecule has 22 heavy (non-hydrogen) atoms. The van der Waals surface area contributed by atoms with Crippen molar-refractivity contribution in [3.63, 3.8) is 0 Å². The van der Waals surface area contributed by atoms with E-state index in [4.69, 9.17) is 0 Å². The van der Waals surface area contributed by atoms with E-state index < -0.39 is 35.3 Å². The van der Waals surface area contributed by atoms with Gasteiger partial charge in [0.1, 0.15) is 17.9 Å². The van der Waals surface area contributed by atoms with Crippen molar-refractivity contribution in [3.05, 3.63) is 40.2 Å². The van der Waals surface area contributed by atoms with Crippen molar-refractivity contribution >= 4 is 22.8 Å². The predicted molar refractivity (Wildman–Crippen MR) is 76.0 cm³/mol. The maximum atomic E-state index is 12.0. The van der Waals surface area contributed by atoms with E-state index in [-0.39, 0.29) is 22.2 Å². The number of carbonyl (C=O) groups excluding carboxylic acids is 2. The van der Waals surface area contributed by atoms with E-state index in [0.29, 0.717) is 0 Å². The number of aromatic hydroxyl groups is 1. The van der Waals surface area contributed by atoms with Gasteiger partial charge in [-0.15, -0.1) is 4.73 Å². The summed E-state index contributed by atoms with van der Waals surface area (Å²) in [6.45, 7) is 1.31. The van der Waals surface area contributed by atoms with Crippen LogP contribution in [0.3, 0.4) is 0 Å². The molecule has 1 aromatic carbocycles. The van der Waals surface area contributed by atoms with E-state index >= 15 is 0 Å². The van der Waals surface area contributed by atoms with Crippen LogP contribution in [0.15, 0.2) is 29.1 Å². The number of rotatable bonds is 4. The van der Waals surface area contributed by atoms with Crippen molar-refractivity contribution in [2.45, 2.75) is 6.92 Å². The Morgan fingerprint density at radius 3 is 2.68 bits per heavy atom. The highest BCUT2D eigenvalue weighted by atomic mass is 16.5. The number of pyridine rings is 1. The van der Waals surface area contributed by atoms with Crippen LogP contribution in [0.1, 0.15) is 17.3 Å². The minimum absolute atomic E-state index is 0.0620. The van der Waals surface area contributed by atoms with Gasteiger partial charge in [0.25, 0.3) is 11.5 Å². The van der Waals surface area contributed by atoms with Gasteiger partial charge in [0, 0.05) is 5.39 Å². The van der Waals surface area contributed by atoms with E-state index in [9.17, 15) is 24.7 Å². The van der Waals surface area contributed by atoms with Crippen molar-refractivity contribution in [1.82, 2.24) is 10.0 Å². The number of nitrogens with one attached hydrogen (secondary N) is 1. The number of esters is 1. The van der Waals surface area contributed by atoms with Crippen molar-refractivity contribution < 1.29 is 24.6 Å². The normalized spacial score (nSPS) is 10.4. The first-order valence-electron chi connectivity index (χ1n) is 6.47. The Bertz CT molecular complexity index is 796. The highest BCUT2D eigenvalue weighted by molar-refractivity contribution is 6.03. The van der Waals surface area contributed by atoms with Crippen LogP contribution in [-0.2, 0) is 9.53 Å². The molecule has 0 spiro atoms. The number of fused-ring (bicyclic) bond motifs is 1. The molecule has 8 nitrogen and oxygen atoms in total. The second kappa shape index (κ2) is 6.17. The Morgan fingerprint density at radius 2 is 2.00 bits per heavy atom. The lowest BCUT2D eigenvalue weighted by Gasteiger charge is -2.10.